The number of hydrogen-bond donors (Lipinski definition) is 1. The summed E-state index contributed by atoms with van der Waals surface area (Å²) in [6.45, 7) is 6.93. The third-order valence-corrected chi connectivity index (χ3v) is 7.95. The molecule has 6 rings (SSSR count). The van der Waals surface area contributed by atoms with Gasteiger partial charge < -0.3 is 9.88 Å². The number of aromatic nitrogens is 5. The van der Waals surface area contributed by atoms with Gasteiger partial charge >= 0.3 is 6.18 Å². The van der Waals surface area contributed by atoms with Crippen LogP contribution in [0.1, 0.15) is 54.3 Å². The second-order valence-corrected chi connectivity index (χ2v) is 10.3. The molecule has 0 unspecified atom stereocenters. The lowest BCUT2D eigenvalue weighted by molar-refractivity contribution is -0.138. The van der Waals surface area contributed by atoms with Gasteiger partial charge in [-0.3, -0.25) is 0 Å². The van der Waals surface area contributed by atoms with E-state index in [1.807, 2.05) is 34.8 Å². The number of anilines is 1. The van der Waals surface area contributed by atoms with Crippen LogP contribution < -0.4 is 4.90 Å². The smallest absolute Gasteiger partial charge is 0.361 e. The number of aromatic amines is 1. The van der Waals surface area contributed by atoms with Crippen LogP contribution >= 0.6 is 0 Å². The molecule has 5 aromatic rings. The summed E-state index contributed by atoms with van der Waals surface area (Å²) in [6, 6.07) is 9.66. The van der Waals surface area contributed by atoms with Crippen LogP contribution in [0.5, 0.6) is 0 Å². The van der Waals surface area contributed by atoms with Gasteiger partial charge in [-0.2, -0.15) is 18.3 Å². The number of fused-ring (bicyclic) bond motifs is 2. The van der Waals surface area contributed by atoms with Crippen molar-refractivity contribution in [3.8, 4) is 16.9 Å². The van der Waals surface area contributed by atoms with Crippen LogP contribution in [0.25, 0.3) is 27.8 Å². The fraction of sp³-hybridized carbons (Fsp3) is 0.323. The summed E-state index contributed by atoms with van der Waals surface area (Å²) >= 11 is 0. The highest BCUT2D eigenvalue weighted by Gasteiger charge is 2.33. The predicted octanol–water partition coefficient (Wildman–Crippen LogP) is 7.22. The molecule has 6 nitrogen and oxygen atoms in total. The van der Waals surface area contributed by atoms with Crippen molar-refractivity contribution in [2.45, 2.75) is 59.2 Å². The molecule has 0 atom stereocenters. The molecular formula is C31H30F4N6. The molecule has 0 aliphatic carbocycles. The molecule has 0 saturated carbocycles. The number of nitrogens with one attached hydrogen (secondary N) is 1. The zero-order valence-corrected chi connectivity index (χ0v) is 23.1. The minimum atomic E-state index is -4.52. The standard InChI is InChI=1S/C31H30F4N6/c1-4-18-8-7-9-19(5-2)28(18)41-29(26-22-10-12-36-27(22)20(6-3)14-24(26)32)23-17-40(13-11-25(23)39-41)30-37-15-21(16-38-30)31(33,34)35/h7-10,12,14-16,36H,4-6,11,13,17H2,1-3H3. The van der Waals surface area contributed by atoms with Crippen LogP contribution in [-0.4, -0.2) is 31.3 Å². The molecule has 0 fully saturated rings. The molecule has 1 N–H and O–H groups in total. The van der Waals surface area contributed by atoms with Gasteiger partial charge in [0, 0.05) is 60.1 Å². The number of para-hydroxylation sites is 1. The molecule has 2 aromatic carbocycles. The molecule has 1 aliphatic heterocycles. The second kappa shape index (κ2) is 10.3. The summed E-state index contributed by atoms with van der Waals surface area (Å²) in [5.41, 5.74) is 6.77. The quantitative estimate of drug-likeness (QED) is 0.222. The Morgan fingerprint density at radius 1 is 0.951 bits per heavy atom. The van der Waals surface area contributed by atoms with Crippen molar-refractivity contribution >= 4 is 16.9 Å². The first kappa shape index (κ1) is 27.0. The van der Waals surface area contributed by atoms with Crippen LogP contribution in [0, 0.1) is 5.82 Å². The normalized spacial score (nSPS) is 13.7. The maximum atomic E-state index is 16.2. The third-order valence-electron chi connectivity index (χ3n) is 7.95. The van der Waals surface area contributed by atoms with Crippen LogP contribution in [0.2, 0.25) is 0 Å². The summed E-state index contributed by atoms with van der Waals surface area (Å²) in [4.78, 5) is 13.2. The molecule has 3 aromatic heterocycles. The maximum absolute atomic E-state index is 16.2. The molecule has 0 radical (unpaired) electrons. The van der Waals surface area contributed by atoms with Crippen molar-refractivity contribution in [3.05, 3.63) is 88.3 Å². The molecule has 4 heterocycles. The SMILES string of the molecule is CCc1cccc(CC)c1-n1nc2c(c1-c1c(F)cc(CC)c3[nH]ccc13)CN(c1ncc(C(F)(F)F)cn1)CC2. The molecule has 0 amide bonds. The molecule has 0 spiro atoms. The van der Waals surface area contributed by atoms with E-state index in [0.29, 0.717) is 30.6 Å². The number of benzene rings is 2. The van der Waals surface area contributed by atoms with Gasteiger partial charge in [-0.05, 0) is 48.1 Å². The first-order valence-electron chi connectivity index (χ1n) is 13.9. The van der Waals surface area contributed by atoms with Crippen molar-refractivity contribution in [1.29, 1.82) is 0 Å². The Morgan fingerprint density at radius 2 is 1.63 bits per heavy atom. The third kappa shape index (κ3) is 4.55. The molecule has 1 aliphatic rings. The zero-order valence-electron chi connectivity index (χ0n) is 23.1. The van der Waals surface area contributed by atoms with E-state index in [9.17, 15) is 13.2 Å². The summed E-state index contributed by atoms with van der Waals surface area (Å²) in [6.07, 6.45) is 1.64. The first-order chi connectivity index (χ1) is 19.7. The lowest BCUT2D eigenvalue weighted by Gasteiger charge is -2.27. The average Bonchev–Trinajstić information content (AvgIpc) is 3.61. The van der Waals surface area contributed by atoms with Gasteiger partial charge in [-0.15, -0.1) is 0 Å². The lowest BCUT2D eigenvalue weighted by atomic mass is 9.95. The van der Waals surface area contributed by atoms with Gasteiger partial charge in [0.1, 0.15) is 5.82 Å². The van der Waals surface area contributed by atoms with Crippen LogP contribution in [0.3, 0.4) is 0 Å². The van der Waals surface area contributed by atoms with E-state index in [0.717, 1.165) is 69.8 Å². The van der Waals surface area contributed by atoms with E-state index < -0.39 is 11.7 Å². The number of hydrogen-bond acceptors (Lipinski definition) is 4. The Labute approximate surface area is 235 Å². The van der Waals surface area contributed by atoms with Crippen molar-refractivity contribution < 1.29 is 17.6 Å². The van der Waals surface area contributed by atoms with Crippen LogP contribution in [0.4, 0.5) is 23.5 Å². The Hall–Kier alpha value is -4.21. The predicted molar refractivity (Wildman–Crippen MR) is 151 cm³/mol. The van der Waals surface area contributed by atoms with Crippen molar-refractivity contribution in [1.82, 2.24) is 24.7 Å². The molecule has 0 saturated heterocycles. The van der Waals surface area contributed by atoms with Crippen LogP contribution in [-0.2, 0) is 38.4 Å². The van der Waals surface area contributed by atoms with Gasteiger partial charge in [0.05, 0.1) is 22.6 Å². The minimum absolute atomic E-state index is 0.194. The highest BCUT2D eigenvalue weighted by molar-refractivity contribution is 5.97. The van der Waals surface area contributed by atoms with Crippen molar-refractivity contribution in [3.63, 3.8) is 0 Å². The molecule has 41 heavy (non-hydrogen) atoms. The van der Waals surface area contributed by atoms with Crippen molar-refractivity contribution in [2.75, 3.05) is 11.4 Å². The number of halogens is 4. The van der Waals surface area contributed by atoms with Gasteiger partial charge in [0.2, 0.25) is 5.95 Å². The van der Waals surface area contributed by atoms with Gasteiger partial charge in [0.15, 0.2) is 0 Å². The van der Waals surface area contributed by atoms with E-state index in [1.165, 1.54) is 0 Å². The Morgan fingerprint density at radius 3 is 2.27 bits per heavy atom. The number of alkyl halides is 3. The van der Waals surface area contributed by atoms with E-state index in [4.69, 9.17) is 5.10 Å². The fourth-order valence-corrected chi connectivity index (χ4v) is 5.87. The zero-order chi connectivity index (χ0) is 28.9. The largest absolute Gasteiger partial charge is 0.419 e. The summed E-state index contributed by atoms with van der Waals surface area (Å²) in [7, 11) is 0. The average molecular weight is 563 g/mol. The molecule has 10 heteroatoms. The number of rotatable bonds is 6. The van der Waals surface area contributed by atoms with Gasteiger partial charge in [-0.25, -0.2) is 19.0 Å². The van der Waals surface area contributed by atoms with Gasteiger partial charge in [0.25, 0.3) is 0 Å². The topological polar surface area (TPSA) is 62.6 Å². The number of H-pyrrole nitrogens is 1. The second-order valence-electron chi connectivity index (χ2n) is 10.3. The number of nitrogens with zero attached hydrogens (tertiary/aromatic N) is 5. The Kier molecular flexibility index (Phi) is 6.79. The van der Waals surface area contributed by atoms with E-state index in [-0.39, 0.29) is 18.3 Å². The van der Waals surface area contributed by atoms with Crippen molar-refractivity contribution in [2.24, 2.45) is 0 Å². The maximum Gasteiger partial charge on any atom is 0.419 e. The number of aryl methyl sites for hydroxylation is 3. The first-order valence-corrected chi connectivity index (χ1v) is 13.9. The van der Waals surface area contributed by atoms with E-state index in [1.54, 1.807) is 6.07 Å². The minimum Gasteiger partial charge on any atom is -0.361 e. The molecule has 0 bridgehead atoms. The van der Waals surface area contributed by atoms with E-state index >= 15 is 4.39 Å². The molecular weight excluding hydrogens is 532 g/mol. The fourth-order valence-electron chi connectivity index (χ4n) is 5.87. The van der Waals surface area contributed by atoms with Crippen LogP contribution in [0.15, 0.2) is 48.9 Å². The van der Waals surface area contributed by atoms with Gasteiger partial charge in [-0.1, -0.05) is 39.0 Å². The molecule has 212 valence electrons. The lowest BCUT2D eigenvalue weighted by Crippen LogP contribution is -2.31. The highest BCUT2D eigenvalue weighted by atomic mass is 19.4. The highest BCUT2D eigenvalue weighted by Crippen LogP contribution is 2.41. The summed E-state index contributed by atoms with van der Waals surface area (Å²) in [5, 5.41) is 5.85. The Balaban J connectivity index is 1.58. The summed E-state index contributed by atoms with van der Waals surface area (Å²) in [5.74, 6) is -0.146. The van der Waals surface area contributed by atoms with E-state index in [2.05, 4.69) is 40.9 Å². The monoisotopic (exact) mass is 562 g/mol. The Bertz CT molecular complexity index is 1710. The summed E-state index contributed by atoms with van der Waals surface area (Å²) < 4.78 is 57.5.